The number of hydrogen-bond donors (Lipinski definition) is 1. The number of carboxylic acid groups (broad SMARTS) is 1. The molecule has 0 spiro atoms. The summed E-state index contributed by atoms with van der Waals surface area (Å²) in [5, 5.41) is 10.9. The molecule has 1 atom stereocenters. The smallest absolute Gasteiger partial charge is 0.308 e. The van der Waals surface area contributed by atoms with Gasteiger partial charge in [0.05, 0.1) is 11.5 Å². The molecule has 5 heteroatoms. The molecule has 0 radical (unpaired) electrons. The summed E-state index contributed by atoms with van der Waals surface area (Å²) in [6.45, 7) is 4.93. The van der Waals surface area contributed by atoms with Crippen molar-refractivity contribution in [2.75, 3.05) is 13.1 Å². The lowest BCUT2D eigenvalue weighted by Gasteiger charge is -2.30. The SMILES string of the molecule is Cc1scc(C(=O)N2CCCC(C(=O)O)C2)c1C. The van der Waals surface area contributed by atoms with Gasteiger partial charge in [-0.1, -0.05) is 0 Å². The Labute approximate surface area is 110 Å². The minimum atomic E-state index is -0.800. The molecule has 1 aliphatic rings. The highest BCUT2D eigenvalue weighted by atomic mass is 32.1. The van der Waals surface area contributed by atoms with Gasteiger partial charge in [0.15, 0.2) is 0 Å². The van der Waals surface area contributed by atoms with Crippen molar-refractivity contribution in [3.05, 3.63) is 21.4 Å². The standard InChI is InChI=1S/C13H17NO3S/c1-8-9(2)18-7-11(8)12(15)14-5-3-4-10(6-14)13(16)17/h7,10H,3-6H2,1-2H3,(H,16,17). The summed E-state index contributed by atoms with van der Waals surface area (Å²) in [5.41, 5.74) is 1.74. The number of amides is 1. The first-order valence-corrected chi connectivity index (χ1v) is 6.95. The third-order valence-electron chi connectivity index (χ3n) is 3.57. The third-order valence-corrected chi connectivity index (χ3v) is 4.59. The number of hydrogen-bond acceptors (Lipinski definition) is 3. The van der Waals surface area contributed by atoms with E-state index < -0.39 is 11.9 Å². The molecule has 4 nitrogen and oxygen atoms in total. The van der Waals surface area contributed by atoms with E-state index in [1.165, 1.54) is 0 Å². The molecule has 98 valence electrons. The maximum Gasteiger partial charge on any atom is 0.308 e. The van der Waals surface area contributed by atoms with Crippen LogP contribution in [0, 0.1) is 19.8 Å². The fraction of sp³-hybridized carbons (Fsp3) is 0.538. The van der Waals surface area contributed by atoms with Crippen molar-refractivity contribution < 1.29 is 14.7 Å². The fourth-order valence-corrected chi connectivity index (χ4v) is 3.12. The number of nitrogens with zero attached hydrogens (tertiary/aromatic N) is 1. The van der Waals surface area contributed by atoms with E-state index in [-0.39, 0.29) is 5.91 Å². The van der Waals surface area contributed by atoms with Gasteiger partial charge in [-0.2, -0.15) is 0 Å². The highest BCUT2D eigenvalue weighted by molar-refractivity contribution is 7.10. The second kappa shape index (κ2) is 5.10. The van der Waals surface area contributed by atoms with Crippen LogP contribution in [0.5, 0.6) is 0 Å². The van der Waals surface area contributed by atoms with E-state index in [0.717, 1.165) is 22.4 Å². The molecule has 1 fully saturated rings. The second-order valence-electron chi connectivity index (χ2n) is 4.76. The Morgan fingerprint density at radius 2 is 2.17 bits per heavy atom. The van der Waals surface area contributed by atoms with Crippen molar-refractivity contribution in [2.45, 2.75) is 26.7 Å². The predicted octanol–water partition coefficient (Wildman–Crippen LogP) is 2.30. The van der Waals surface area contributed by atoms with Crippen molar-refractivity contribution in [3.8, 4) is 0 Å². The first kappa shape index (κ1) is 13.1. The van der Waals surface area contributed by atoms with Crippen LogP contribution in [0.3, 0.4) is 0 Å². The molecule has 1 amide bonds. The average molecular weight is 267 g/mol. The van der Waals surface area contributed by atoms with Crippen molar-refractivity contribution in [2.24, 2.45) is 5.92 Å². The summed E-state index contributed by atoms with van der Waals surface area (Å²) in [6.07, 6.45) is 1.44. The topological polar surface area (TPSA) is 57.6 Å². The number of carboxylic acids is 1. The zero-order valence-corrected chi connectivity index (χ0v) is 11.4. The number of rotatable bonds is 2. The Morgan fingerprint density at radius 3 is 2.72 bits per heavy atom. The molecule has 1 unspecified atom stereocenters. The summed E-state index contributed by atoms with van der Waals surface area (Å²) >= 11 is 1.57. The van der Waals surface area contributed by atoms with Crippen molar-refractivity contribution in [1.82, 2.24) is 4.90 Å². The summed E-state index contributed by atoms with van der Waals surface area (Å²) in [7, 11) is 0. The van der Waals surface area contributed by atoms with Gasteiger partial charge < -0.3 is 10.0 Å². The molecule has 0 saturated carbocycles. The van der Waals surface area contributed by atoms with Gasteiger partial charge >= 0.3 is 5.97 Å². The van der Waals surface area contributed by atoms with Gasteiger partial charge in [-0.15, -0.1) is 11.3 Å². The predicted molar refractivity (Wildman–Crippen MR) is 70.1 cm³/mol. The first-order chi connectivity index (χ1) is 8.50. The van der Waals surface area contributed by atoms with Crippen molar-refractivity contribution in [3.63, 3.8) is 0 Å². The Hall–Kier alpha value is -1.36. The van der Waals surface area contributed by atoms with Crippen LogP contribution in [0.1, 0.15) is 33.6 Å². The van der Waals surface area contributed by atoms with Gasteiger partial charge in [0.25, 0.3) is 5.91 Å². The zero-order chi connectivity index (χ0) is 13.3. The Bertz CT molecular complexity index is 481. The molecule has 1 aliphatic heterocycles. The van der Waals surface area contributed by atoms with Crippen LogP contribution in [-0.4, -0.2) is 35.0 Å². The van der Waals surface area contributed by atoms with Crippen molar-refractivity contribution >= 4 is 23.2 Å². The lowest BCUT2D eigenvalue weighted by atomic mass is 9.97. The second-order valence-corrected chi connectivity index (χ2v) is 5.84. The van der Waals surface area contributed by atoms with Gasteiger partial charge in [0.1, 0.15) is 0 Å². The average Bonchev–Trinajstić information content (AvgIpc) is 2.69. The third kappa shape index (κ3) is 2.41. The van der Waals surface area contributed by atoms with Gasteiger partial charge in [-0.3, -0.25) is 9.59 Å². The minimum Gasteiger partial charge on any atom is -0.481 e. The lowest BCUT2D eigenvalue weighted by Crippen LogP contribution is -2.42. The first-order valence-electron chi connectivity index (χ1n) is 6.07. The van der Waals surface area contributed by atoms with Gasteiger partial charge in [-0.05, 0) is 32.3 Å². The number of aliphatic carboxylic acids is 1. The van der Waals surface area contributed by atoms with Crippen LogP contribution in [-0.2, 0) is 4.79 Å². The molecule has 1 saturated heterocycles. The highest BCUT2D eigenvalue weighted by Gasteiger charge is 2.29. The molecule has 1 N–H and O–H groups in total. The van der Waals surface area contributed by atoms with Gasteiger partial charge in [-0.25, -0.2) is 0 Å². The Balaban J connectivity index is 2.14. The van der Waals surface area contributed by atoms with E-state index in [1.54, 1.807) is 16.2 Å². The molecule has 0 aliphatic carbocycles. The van der Waals surface area contributed by atoms with Crippen LogP contribution in [0.25, 0.3) is 0 Å². The van der Waals surface area contributed by atoms with Crippen LogP contribution >= 0.6 is 11.3 Å². The molecule has 2 rings (SSSR count). The number of likely N-dealkylation sites (tertiary alicyclic amines) is 1. The van der Waals surface area contributed by atoms with E-state index in [1.807, 2.05) is 19.2 Å². The van der Waals surface area contributed by atoms with E-state index in [2.05, 4.69) is 0 Å². The van der Waals surface area contributed by atoms with E-state index in [4.69, 9.17) is 5.11 Å². The monoisotopic (exact) mass is 267 g/mol. The van der Waals surface area contributed by atoms with Crippen LogP contribution in [0.15, 0.2) is 5.38 Å². The maximum absolute atomic E-state index is 12.3. The van der Waals surface area contributed by atoms with E-state index in [0.29, 0.717) is 19.5 Å². The molecule has 2 heterocycles. The molecule has 1 aromatic rings. The summed E-state index contributed by atoms with van der Waals surface area (Å²) in [6, 6.07) is 0. The van der Waals surface area contributed by atoms with E-state index >= 15 is 0 Å². The molecular formula is C13H17NO3S. The number of carbonyl (C=O) groups is 2. The normalized spacial score (nSPS) is 19.9. The number of thiophene rings is 1. The zero-order valence-electron chi connectivity index (χ0n) is 10.6. The lowest BCUT2D eigenvalue weighted by molar-refractivity contribution is -0.143. The molecular weight excluding hydrogens is 250 g/mol. The quantitative estimate of drug-likeness (QED) is 0.894. The van der Waals surface area contributed by atoms with Crippen LogP contribution in [0.4, 0.5) is 0 Å². The molecule has 18 heavy (non-hydrogen) atoms. The number of aryl methyl sites for hydroxylation is 1. The van der Waals surface area contributed by atoms with Crippen LogP contribution < -0.4 is 0 Å². The summed E-state index contributed by atoms with van der Waals surface area (Å²) in [5.74, 6) is -1.24. The highest BCUT2D eigenvalue weighted by Crippen LogP contribution is 2.24. The van der Waals surface area contributed by atoms with Gasteiger partial charge in [0.2, 0.25) is 0 Å². The fourth-order valence-electron chi connectivity index (χ4n) is 2.26. The molecule has 1 aromatic heterocycles. The number of piperidine rings is 1. The largest absolute Gasteiger partial charge is 0.481 e. The Morgan fingerprint density at radius 1 is 1.44 bits per heavy atom. The molecule has 0 bridgehead atoms. The summed E-state index contributed by atoms with van der Waals surface area (Å²) < 4.78 is 0. The number of carbonyl (C=O) groups excluding carboxylic acids is 1. The Kier molecular flexibility index (Phi) is 3.71. The summed E-state index contributed by atoms with van der Waals surface area (Å²) in [4.78, 5) is 26.2. The minimum absolute atomic E-state index is 0.0252. The van der Waals surface area contributed by atoms with E-state index in [9.17, 15) is 9.59 Å². The molecule has 0 aromatic carbocycles. The van der Waals surface area contributed by atoms with Crippen molar-refractivity contribution in [1.29, 1.82) is 0 Å². The van der Waals surface area contributed by atoms with Crippen LogP contribution in [0.2, 0.25) is 0 Å². The van der Waals surface area contributed by atoms with Gasteiger partial charge in [0, 0.05) is 23.3 Å². The maximum atomic E-state index is 12.3.